The Bertz CT molecular complexity index is 522. The van der Waals surface area contributed by atoms with Gasteiger partial charge < -0.3 is 10.0 Å². The molecule has 1 saturated heterocycles. The number of amides is 1. The number of carbonyl (C=O) groups is 1. The molecule has 3 rings (SSSR count). The Hall–Kier alpha value is -1.35. The van der Waals surface area contributed by atoms with E-state index in [-0.39, 0.29) is 5.91 Å². The first-order valence-electron chi connectivity index (χ1n) is 7.64. The summed E-state index contributed by atoms with van der Waals surface area (Å²) in [5.74, 6) is 0.142. The molecule has 108 valence electrons. The third-order valence-electron chi connectivity index (χ3n) is 4.55. The Morgan fingerprint density at radius 1 is 1.30 bits per heavy atom. The number of aliphatic hydroxyl groups is 1. The number of aryl methyl sites for hydroxylation is 2. The molecule has 2 aliphatic rings. The number of rotatable bonds is 2. The summed E-state index contributed by atoms with van der Waals surface area (Å²) in [7, 11) is 0. The van der Waals surface area contributed by atoms with E-state index in [1.165, 1.54) is 24.0 Å². The van der Waals surface area contributed by atoms with Gasteiger partial charge in [-0.05, 0) is 55.7 Å². The summed E-state index contributed by atoms with van der Waals surface area (Å²) in [4.78, 5) is 14.2. The lowest BCUT2D eigenvalue weighted by Gasteiger charge is -2.37. The highest BCUT2D eigenvalue weighted by molar-refractivity contribution is 5.79. The molecule has 1 aliphatic carbocycles. The fourth-order valence-electron chi connectivity index (χ4n) is 3.45. The number of hydrogen-bond acceptors (Lipinski definition) is 2. The molecule has 1 aromatic carbocycles. The van der Waals surface area contributed by atoms with Crippen molar-refractivity contribution in [2.24, 2.45) is 0 Å². The molecule has 1 N–H and O–H groups in total. The number of benzene rings is 1. The van der Waals surface area contributed by atoms with E-state index in [1.807, 2.05) is 11.8 Å². The normalized spacial score (nSPS) is 25.6. The van der Waals surface area contributed by atoms with Crippen LogP contribution in [0.3, 0.4) is 0 Å². The fraction of sp³-hybridized carbons (Fsp3) is 0.588. The van der Waals surface area contributed by atoms with Crippen molar-refractivity contribution in [2.75, 3.05) is 13.1 Å². The highest BCUT2D eigenvalue weighted by Gasteiger charge is 2.30. The average Bonchev–Trinajstić information content (AvgIpc) is 2.85. The van der Waals surface area contributed by atoms with Crippen LogP contribution in [0.1, 0.15) is 42.9 Å². The van der Waals surface area contributed by atoms with Gasteiger partial charge in [-0.2, -0.15) is 0 Å². The van der Waals surface area contributed by atoms with Gasteiger partial charge in [0.25, 0.3) is 0 Å². The topological polar surface area (TPSA) is 40.5 Å². The highest BCUT2D eigenvalue weighted by Crippen LogP contribution is 2.24. The van der Waals surface area contributed by atoms with Crippen molar-refractivity contribution >= 4 is 5.91 Å². The SMILES string of the molecule is CC1(O)CCCN(C(=O)Cc2ccc3c(c2)CCC3)C1. The maximum Gasteiger partial charge on any atom is 0.227 e. The Balaban J connectivity index is 1.67. The third kappa shape index (κ3) is 2.88. The minimum Gasteiger partial charge on any atom is -0.388 e. The predicted octanol–water partition coefficient (Wildman–Crippen LogP) is 2.09. The maximum atomic E-state index is 12.4. The van der Waals surface area contributed by atoms with Gasteiger partial charge in [0.1, 0.15) is 0 Å². The van der Waals surface area contributed by atoms with Crippen molar-refractivity contribution in [2.45, 2.75) is 51.0 Å². The largest absolute Gasteiger partial charge is 0.388 e. The second-order valence-electron chi connectivity index (χ2n) is 6.55. The third-order valence-corrected chi connectivity index (χ3v) is 4.55. The van der Waals surface area contributed by atoms with Gasteiger partial charge in [-0.3, -0.25) is 4.79 Å². The van der Waals surface area contributed by atoms with Crippen LogP contribution in [0, 0.1) is 0 Å². The number of β-amino-alcohol motifs (C(OH)–C–C–N with tert-alkyl or cyclic N) is 1. The van der Waals surface area contributed by atoms with E-state index in [2.05, 4.69) is 18.2 Å². The van der Waals surface area contributed by atoms with Gasteiger partial charge in [-0.15, -0.1) is 0 Å². The molecule has 0 saturated carbocycles. The molecular formula is C17H23NO2. The first kappa shape index (κ1) is 13.6. The first-order chi connectivity index (χ1) is 9.53. The van der Waals surface area contributed by atoms with E-state index in [0.29, 0.717) is 13.0 Å². The lowest BCUT2D eigenvalue weighted by atomic mass is 9.94. The smallest absolute Gasteiger partial charge is 0.227 e. The van der Waals surface area contributed by atoms with Crippen LogP contribution in [0.4, 0.5) is 0 Å². The molecule has 3 heteroatoms. The first-order valence-corrected chi connectivity index (χ1v) is 7.64. The van der Waals surface area contributed by atoms with Crippen LogP contribution in [0.15, 0.2) is 18.2 Å². The van der Waals surface area contributed by atoms with Crippen molar-refractivity contribution < 1.29 is 9.90 Å². The van der Waals surface area contributed by atoms with Gasteiger partial charge in [0.05, 0.1) is 12.0 Å². The second kappa shape index (κ2) is 5.21. The minimum absolute atomic E-state index is 0.142. The van der Waals surface area contributed by atoms with Gasteiger partial charge in [-0.1, -0.05) is 18.2 Å². The summed E-state index contributed by atoms with van der Waals surface area (Å²) in [5.41, 5.74) is 3.26. The molecule has 1 heterocycles. The predicted molar refractivity (Wildman–Crippen MR) is 78.6 cm³/mol. The van der Waals surface area contributed by atoms with Crippen LogP contribution in [-0.4, -0.2) is 34.6 Å². The summed E-state index contributed by atoms with van der Waals surface area (Å²) in [6, 6.07) is 6.46. The van der Waals surface area contributed by atoms with Crippen LogP contribution in [0.25, 0.3) is 0 Å². The summed E-state index contributed by atoms with van der Waals surface area (Å²) < 4.78 is 0. The van der Waals surface area contributed by atoms with Crippen molar-refractivity contribution in [1.82, 2.24) is 4.90 Å². The molecule has 0 spiro atoms. The molecule has 0 radical (unpaired) electrons. The van der Waals surface area contributed by atoms with E-state index >= 15 is 0 Å². The van der Waals surface area contributed by atoms with E-state index in [4.69, 9.17) is 0 Å². The summed E-state index contributed by atoms with van der Waals surface area (Å²) in [5, 5.41) is 10.1. The molecule has 1 aliphatic heterocycles. The number of likely N-dealkylation sites (tertiary alicyclic amines) is 1. The molecule has 1 atom stereocenters. The molecule has 0 bridgehead atoms. The number of carbonyl (C=O) groups excluding carboxylic acids is 1. The van der Waals surface area contributed by atoms with E-state index in [9.17, 15) is 9.90 Å². The van der Waals surface area contributed by atoms with Crippen LogP contribution < -0.4 is 0 Å². The van der Waals surface area contributed by atoms with Crippen LogP contribution in [0.2, 0.25) is 0 Å². The van der Waals surface area contributed by atoms with Crippen molar-refractivity contribution in [1.29, 1.82) is 0 Å². The number of hydrogen-bond donors (Lipinski definition) is 1. The fourth-order valence-corrected chi connectivity index (χ4v) is 3.45. The van der Waals surface area contributed by atoms with Gasteiger partial charge in [-0.25, -0.2) is 0 Å². The van der Waals surface area contributed by atoms with Gasteiger partial charge in [0.2, 0.25) is 5.91 Å². The lowest BCUT2D eigenvalue weighted by molar-refractivity contribution is -0.136. The van der Waals surface area contributed by atoms with Gasteiger partial charge in [0.15, 0.2) is 0 Å². The lowest BCUT2D eigenvalue weighted by Crippen LogP contribution is -2.49. The molecule has 1 fully saturated rings. The maximum absolute atomic E-state index is 12.4. The molecule has 3 nitrogen and oxygen atoms in total. The zero-order valence-electron chi connectivity index (χ0n) is 12.2. The molecular weight excluding hydrogens is 250 g/mol. The van der Waals surface area contributed by atoms with E-state index < -0.39 is 5.60 Å². The number of piperidine rings is 1. The Labute approximate surface area is 120 Å². The van der Waals surface area contributed by atoms with Crippen LogP contribution >= 0.6 is 0 Å². The molecule has 1 aromatic rings. The van der Waals surface area contributed by atoms with E-state index in [0.717, 1.165) is 31.4 Å². The molecule has 1 amide bonds. The van der Waals surface area contributed by atoms with Crippen molar-refractivity contribution in [3.63, 3.8) is 0 Å². The molecule has 1 unspecified atom stereocenters. The zero-order valence-corrected chi connectivity index (χ0v) is 12.2. The summed E-state index contributed by atoms with van der Waals surface area (Å²) in [6.45, 7) is 3.07. The Morgan fingerprint density at radius 3 is 2.90 bits per heavy atom. The average molecular weight is 273 g/mol. The number of nitrogens with zero attached hydrogens (tertiary/aromatic N) is 1. The minimum atomic E-state index is -0.716. The summed E-state index contributed by atoms with van der Waals surface area (Å²) >= 11 is 0. The summed E-state index contributed by atoms with van der Waals surface area (Å²) in [6.07, 6.45) is 5.71. The van der Waals surface area contributed by atoms with Crippen LogP contribution in [0.5, 0.6) is 0 Å². The standard InChI is InChI=1S/C17H23NO2/c1-17(20)8-3-9-18(12-17)16(19)11-13-6-7-14-4-2-5-15(14)10-13/h6-7,10,20H,2-5,8-9,11-12H2,1H3. The molecule has 20 heavy (non-hydrogen) atoms. The second-order valence-corrected chi connectivity index (χ2v) is 6.55. The Kier molecular flexibility index (Phi) is 3.55. The van der Waals surface area contributed by atoms with Gasteiger partial charge in [0, 0.05) is 13.1 Å². The van der Waals surface area contributed by atoms with Gasteiger partial charge >= 0.3 is 0 Å². The number of fused-ring (bicyclic) bond motifs is 1. The molecule has 0 aromatic heterocycles. The van der Waals surface area contributed by atoms with Crippen molar-refractivity contribution in [3.8, 4) is 0 Å². The Morgan fingerprint density at radius 2 is 2.10 bits per heavy atom. The van der Waals surface area contributed by atoms with Crippen LogP contribution in [-0.2, 0) is 24.1 Å². The zero-order chi connectivity index (χ0) is 14.2. The quantitative estimate of drug-likeness (QED) is 0.896. The monoisotopic (exact) mass is 273 g/mol. The van der Waals surface area contributed by atoms with Crippen molar-refractivity contribution in [3.05, 3.63) is 34.9 Å². The van der Waals surface area contributed by atoms with E-state index in [1.54, 1.807) is 0 Å². The highest BCUT2D eigenvalue weighted by atomic mass is 16.3.